The lowest BCUT2D eigenvalue weighted by molar-refractivity contribution is 0.589. The van der Waals surface area contributed by atoms with Gasteiger partial charge >= 0.3 is 0 Å². The fourth-order valence-corrected chi connectivity index (χ4v) is 9.35. The molecule has 0 amide bonds. The van der Waals surface area contributed by atoms with Crippen LogP contribution in [0.1, 0.15) is 74.9 Å². The summed E-state index contributed by atoms with van der Waals surface area (Å²) < 4.78 is 0. The fraction of sp³-hybridized carbons (Fsp3) is 0.200. The average Bonchev–Trinajstić information content (AvgIpc) is 3.39. The van der Waals surface area contributed by atoms with Crippen LogP contribution in [0.5, 0.6) is 0 Å². The molecular formula is C60H59N3. The molecule has 0 spiro atoms. The summed E-state index contributed by atoms with van der Waals surface area (Å²) in [5.41, 5.74) is 22.6. The van der Waals surface area contributed by atoms with Crippen LogP contribution in [0, 0.1) is 27.7 Å². The molecule has 0 bridgehead atoms. The predicted molar refractivity (Wildman–Crippen MR) is 271 cm³/mol. The monoisotopic (exact) mass is 821 g/mol. The van der Waals surface area contributed by atoms with Gasteiger partial charge in [-0.15, -0.1) is 0 Å². The lowest BCUT2D eigenvalue weighted by atomic mass is 9.84. The van der Waals surface area contributed by atoms with E-state index in [2.05, 4.69) is 260 Å². The van der Waals surface area contributed by atoms with E-state index >= 15 is 0 Å². The molecule has 0 fully saturated rings. The van der Waals surface area contributed by atoms with E-state index in [-0.39, 0.29) is 10.8 Å². The van der Waals surface area contributed by atoms with Gasteiger partial charge in [-0.1, -0.05) is 151 Å². The Balaban J connectivity index is 1.35. The summed E-state index contributed by atoms with van der Waals surface area (Å²) in [4.78, 5) is 7.46. The maximum atomic E-state index is 2.57. The first-order valence-electron chi connectivity index (χ1n) is 22.4. The molecule has 63 heavy (non-hydrogen) atoms. The molecule has 0 saturated heterocycles. The molecule has 1 aliphatic rings. The number of nitrogens with zero attached hydrogens (tertiary/aromatic N) is 3. The van der Waals surface area contributed by atoms with Crippen molar-refractivity contribution in [3.05, 3.63) is 209 Å². The molecule has 8 aromatic carbocycles. The largest absolute Gasteiger partial charge is 0.310 e. The Labute approximate surface area is 375 Å². The number of anilines is 9. The van der Waals surface area contributed by atoms with Crippen LogP contribution < -0.4 is 14.7 Å². The van der Waals surface area contributed by atoms with E-state index in [1.54, 1.807) is 0 Å². The molecule has 0 N–H and O–H groups in total. The maximum absolute atomic E-state index is 2.57. The second kappa shape index (κ2) is 16.1. The van der Waals surface area contributed by atoms with E-state index in [0.29, 0.717) is 0 Å². The van der Waals surface area contributed by atoms with E-state index in [1.165, 1.54) is 72.7 Å². The third kappa shape index (κ3) is 7.61. The Morgan fingerprint density at radius 3 is 1.54 bits per heavy atom. The minimum Gasteiger partial charge on any atom is -0.310 e. The fourth-order valence-electron chi connectivity index (χ4n) is 9.35. The lowest BCUT2D eigenvalue weighted by Crippen LogP contribution is -2.21. The standard InChI is InChI=1S/C60H59N3/c1-40-31-34-49(61(46-23-13-11-14-24-46)47-25-15-12-16-26-47)39-54(40)62(48-35-32-44(33-36-48)59(5,6)7)55-37-45(60(8,9)10)38-56(43(55)4)63-53-30-18-17-27-50(53)51-28-19-21-41(2)57(51)52-29-20-22-42(3)58(52)63/h11-39H,1-10H3. The first-order valence-corrected chi connectivity index (χ1v) is 22.4. The summed E-state index contributed by atoms with van der Waals surface area (Å²) >= 11 is 0. The van der Waals surface area contributed by atoms with Gasteiger partial charge in [-0.2, -0.15) is 0 Å². The molecule has 1 heterocycles. The van der Waals surface area contributed by atoms with Gasteiger partial charge in [-0.3, -0.25) is 0 Å². The molecule has 0 atom stereocenters. The van der Waals surface area contributed by atoms with Crippen molar-refractivity contribution in [3.63, 3.8) is 0 Å². The molecule has 3 heteroatoms. The van der Waals surface area contributed by atoms with Gasteiger partial charge in [-0.25, -0.2) is 0 Å². The third-order valence-corrected chi connectivity index (χ3v) is 12.9. The quantitative estimate of drug-likeness (QED) is 0.159. The van der Waals surface area contributed by atoms with E-state index in [1.807, 2.05) is 0 Å². The van der Waals surface area contributed by atoms with Crippen molar-refractivity contribution < 1.29 is 0 Å². The SMILES string of the molecule is Cc1ccc(N(c2ccccc2)c2ccccc2)cc1N(c1ccc(C(C)(C)C)cc1)c1cc(C(C)(C)C)cc(N2c3ccccc3-c3cccc(C)c3-c3cccc(C)c32)c1C. The zero-order valence-corrected chi connectivity index (χ0v) is 38.6. The summed E-state index contributed by atoms with van der Waals surface area (Å²) in [6, 6.07) is 65.1. The van der Waals surface area contributed by atoms with Crippen molar-refractivity contribution in [2.75, 3.05) is 14.7 Å². The van der Waals surface area contributed by atoms with Crippen molar-refractivity contribution in [2.45, 2.75) is 80.1 Å². The second-order valence-corrected chi connectivity index (χ2v) is 19.3. The van der Waals surface area contributed by atoms with Crippen molar-refractivity contribution >= 4 is 51.2 Å². The average molecular weight is 822 g/mol. The smallest absolute Gasteiger partial charge is 0.0569 e. The topological polar surface area (TPSA) is 9.72 Å². The number of para-hydroxylation sites is 4. The molecule has 0 aliphatic carbocycles. The van der Waals surface area contributed by atoms with Crippen LogP contribution in [-0.2, 0) is 10.8 Å². The zero-order chi connectivity index (χ0) is 44.2. The van der Waals surface area contributed by atoms with Crippen LogP contribution in [0.4, 0.5) is 51.2 Å². The van der Waals surface area contributed by atoms with E-state index in [4.69, 9.17) is 0 Å². The van der Waals surface area contributed by atoms with Crippen LogP contribution in [0.2, 0.25) is 0 Å². The molecule has 0 unspecified atom stereocenters. The van der Waals surface area contributed by atoms with Crippen LogP contribution in [0.3, 0.4) is 0 Å². The molecular weight excluding hydrogens is 763 g/mol. The molecule has 1 aliphatic heterocycles. The molecule has 3 nitrogen and oxygen atoms in total. The summed E-state index contributed by atoms with van der Waals surface area (Å²) in [5.74, 6) is 0. The van der Waals surface area contributed by atoms with Crippen molar-refractivity contribution in [1.82, 2.24) is 0 Å². The normalized spacial score (nSPS) is 12.3. The van der Waals surface area contributed by atoms with Gasteiger partial charge in [0.1, 0.15) is 0 Å². The Bertz CT molecular complexity index is 2910. The Hall–Kier alpha value is -6.84. The Kier molecular flexibility index (Phi) is 10.6. The summed E-state index contributed by atoms with van der Waals surface area (Å²) in [7, 11) is 0. The van der Waals surface area contributed by atoms with Gasteiger partial charge in [0, 0.05) is 33.9 Å². The molecule has 314 valence electrons. The van der Waals surface area contributed by atoms with Crippen LogP contribution in [-0.4, -0.2) is 0 Å². The van der Waals surface area contributed by atoms with E-state index < -0.39 is 0 Å². The van der Waals surface area contributed by atoms with Gasteiger partial charge in [0.05, 0.1) is 28.4 Å². The number of hydrogen-bond donors (Lipinski definition) is 0. The molecule has 0 aromatic heterocycles. The summed E-state index contributed by atoms with van der Waals surface area (Å²) in [6.45, 7) is 23.0. The highest BCUT2D eigenvalue weighted by molar-refractivity contribution is 6.05. The number of rotatable bonds is 7. The van der Waals surface area contributed by atoms with Crippen molar-refractivity contribution in [1.29, 1.82) is 0 Å². The first kappa shape index (κ1) is 41.5. The summed E-state index contributed by atoms with van der Waals surface area (Å²) in [6.07, 6.45) is 0. The Morgan fingerprint density at radius 2 is 0.905 bits per heavy atom. The molecule has 8 aromatic rings. The number of fused-ring (bicyclic) bond motifs is 5. The zero-order valence-electron chi connectivity index (χ0n) is 38.6. The number of aryl methyl sites for hydroxylation is 3. The number of hydrogen-bond acceptors (Lipinski definition) is 3. The van der Waals surface area contributed by atoms with E-state index in [9.17, 15) is 0 Å². The summed E-state index contributed by atoms with van der Waals surface area (Å²) in [5, 5.41) is 0. The highest BCUT2D eigenvalue weighted by Crippen LogP contribution is 2.55. The minimum absolute atomic E-state index is 0.0155. The molecule has 0 radical (unpaired) electrons. The van der Waals surface area contributed by atoms with Crippen LogP contribution in [0.15, 0.2) is 176 Å². The van der Waals surface area contributed by atoms with Crippen molar-refractivity contribution in [2.24, 2.45) is 0 Å². The van der Waals surface area contributed by atoms with Gasteiger partial charge < -0.3 is 14.7 Å². The minimum atomic E-state index is -0.160. The lowest BCUT2D eigenvalue weighted by Gasteiger charge is -2.36. The number of benzene rings is 8. The highest BCUT2D eigenvalue weighted by atomic mass is 15.2. The van der Waals surface area contributed by atoms with Gasteiger partial charge in [-0.05, 0) is 150 Å². The van der Waals surface area contributed by atoms with Crippen LogP contribution in [0.25, 0.3) is 22.3 Å². The van der Waals surface area contributed by atoms with Crippen LogP contribution >= 0.6 is 0 Å². The van der Waals surface area contributed by atoms with Crippen molar-refractivity contribution in [3.8, 4) is 22.3 Å². The Morgan fingerprint density at radius 1 is 0.365 bits per heavy atom. The maximum Gasteiger partial charge on any atom is 0.0569 e. The molecule has 9 rings (SSSR count). The van der Waals surface area contributed by atoms with Gasteiger partial charge in [0.2, 0.25) is 0 Å². The second-order valence-electron chi connectivity index (χ2n) is 19.3. The molecule has 0 saturated carbocycles. The van der Waals surface area contributed by atoms with Gasteiger partial charge in [0.15, 0.2) is 0 Å². The third-order valence-electron chi connectivity index (χ3n) is 12.9. The predicted octanol–water partition coefficient (Wildman–Crippen LogP) is 17.6. The first-order chi connectivity index (χ1) is 30.2. The van der Waals surface area contributed by atoms with Gasteiger partial charge in [0.25, 0.3) is 0 Å². The highest BCUT2D eigenvalue weighted by Gasteiger charge is 2.32. The van der Waals surface area contributed by atoms with E-state index in [0.717, 1.165) is 34.1 Å².